The maximum absolute atomic E-state index is 12.5. The Labute approximate surface area is 155 Å². The molecule has 0 amide bonds. The Morgan fingerprint density at radius 1 is 1.08 bits per heavy atom. The van der Waals surface area contributed by atoms with Crippen molar-refractivity contribution in [1.82, 2.24) is 0 Å². The fraction of sp³-hybridized carbons (Fsp3) is 0.263. The Kier molecular flexibility index (Phi) is 5.77. The first kappa shape index (κ1) is 19.6. The van der Waals surface area contributed by atoms with Crippen molar-refractivity contribution in [2.24, 2.45) is 0 Å². The molecule has 0 aliphatic carbocycles. The molecule has 0 radical (unpaired) electrons. The quantitative estimate of drug-likeness (QED) is 0.332. The number of nitro benzene ring substituents is 1. The normalized spacial score (nSPS) is 10.5. The predicted octanol–water partition coefficient (Wildman–Crippen LogP) is 4.52. The highest BCUT2D eigenvalue weighted by Crippen LogP contribution is 2.24. The fourth-order valence-corrected chi connectivity index (χ4v) is 2.97. The summed E-state index contributed by atoms with van der Waals surface area (Å²) >= 11 is 5.91. The molecule has 0 saturated carbocycles. The molecule has 0 unspecified atom stereocenters. The zero-order chi connectivity index (χ0) is 19.6. The second-order valence-corrected chi connectivity index (χ2v) is 6.46. The van der Waals surface area contributed by atoms with Crippen molar-refractivity contribution in [1.29, 1.82) is 0 Å². The van der Waals surface area contributed by atoms with Crippen LogP contribution in [0.2, 0.25) is 5.02 Å². The van der Waals surface area contributed by atoms with Crippen LogP contribution < -0.4 is 0 Å². The second-order valence-electron chi connectivity index (χ2n) is 6.06. The molecule has 26 heavy (non-hydrogen) atoms. The number of hydrogen-bond acceptors (Lipinski definition) is 5. The van der Waals surface area contributed by atoms with Gasteiger partial charge in [-0.3, -0.25) is 14.9 Å². The van der Waals surface area contributed by atoms with Crippen LogP contribution in [-0.4, -0.2) is 23.3 Å². The van der Waals surface area contributed by atoms with Crippen molar-refractivity contribution in [3.63, 3.8) is 0 Å². The van der Waals surface area contributed by atoms with E-state index in [9.17, 15) is 19.7 Å². The van der Waals surface area contributed by atoms with Gasteiger partial charge >= 0.3 is 5.97 Å². The lowest BCUT2D eigenvalue weighted by atomic mass is 9.92. The van der Waals surface area contributed by atoms with Gasteiger partial charge in [0, 0.05) is 17.7 Å². The average molecular weight is 376 g/mol. The number of rotatable bonds is 5. The van der Waals surface area contributed by atoms with Crippen LogP contribution in [0, 0.1) is 37.8 Å². The summed E-state index contributed by atoms with van der Waals surface area (Å²) in [5, 5.41) is 10.8. The van der Waals surface area contributed by atoms with Crippen molar-refractivity contribution in [2.75, 3.05) is 6.61 Å². The molecule has 6 nitrogen and oxygen atoms in total. The summed E-state index contributed by atoms with van der Waals surface area (Å²) in [6.07, 6.45) is 0. The van der Waals surface area contributed by atoms with Crippen molar-refractivity contribution < 1.29 is 19.2 Å². The molecule has 0 saturated heterocycles. The molecule has 0 heterocycles. The van der Waals surface area contributed by atoms with Gasteiger partial charge in [-0.15, -0.1) is 0 Å². The van der Waals surface area contributed by atoms with Crippen LogP contribution in [0.3, 0.4) is 0 Å². The minimum Gasteiger partial charge on any atom is -0.454 e. The molecule has 7 heteroatoms. The molecule has 0 N–H and O–H groups in total. The van der Waals surface area contributed by atoms with E-state index in [1.54, 1.807) is 0 Å². The number of benzene rings is 2. The summed E-state index contributed by atoms with van der Waals surface area (Å²) in [7, 11) is 0. The van der Waals surface area contributed by atoms with E-state index in [1.165, 1.54) is 12.1 Å². The highest BCUT2D eigenvalue weighted by Gasteiger charge is 2.20. The van der Waals surface area contributed by atoms with E-state index >= 15 is 0 Å². The number of Topliss-reactive ketones (excluding diaryl/α,β-unsaturated/α-hetero) is 1. The van der Waals surface area contributed by atoms with E-state index in [2.05, 4.69) is 0 Å². The minimum atomic E-state index is -0.883. The first-order valence-electron chi connectivity index (χ1n) is 7.85. The Morgan fingerprint density at radius 3 is 2.35 bits per heavy atom. The van der Waals surface area contributed by atoms with Gasteiger partial charge in [-0.1, -0.05) is 17.7 Å². The predicted molar refractivity (Wildman–Crippen MR) is 98.1 cm³/mol. The standard InChI is InChI=1S/C19H18ClNO5/c1-10-7-11(2)18(13(4)12(10)3)17(22)9-26-19(23)15-8-14(21(24)25)5-6-16(15)20/h5-8H,9H2,1-4H3. The van der Waals surface area contributed by atoms with Crippen molar-refractivity contribution in [2.45, 2.75) is 27.7 Å². The lowest BCUT2D eigenvalue weighted by Crippen LogP contribution is -2.17. The van der Waals surface area contributed by atoms with Crippen LogP contribution >= 0.6 is 11.6 Å². The summed E-state index contributed by atoms with van der Waals surface area (Å²) < 4.78 is 5.04. The fourth-order valence-electron chi connectivity index (χ4n) is 2.78. The van der Waals surface area contributed by atoms with Crippen molar-refractivity contribution >= 4 is 29.0 Å². The molecule has 2 rings (SSSR count). The highest BCUT2D eigenvalue weighted by molar-refractivity contribution is 6.33. The van der Waals surface area contributed by atoms with Crippen molar-refractivity contribution in [3.8, 4) is 0 Å². The van der Waals surface area contributed by atoms with Gasteiger partial charge in [0.1, 0.15) is 0 Å². The molecule has 0 aromatic heterocycles. The maximum atomic E-state index is 12.5. The van der Waals surface area contributed by atoms with Gasteiger partial charge in [-0.25, -0.2) is 4.79 Å². The largest absolute Gasteiger partial charge is 0.454 e. The average Bonchev–Trinajstić information content (AvgIpc) is 2.57. The third-order valence-electron chi connectivity index (χ3n) is 4.35. The van der Waals surface area contributed by atoms with E-state index in [4.69, 9.17) is 16.3 Å². The van der Waals surface area contributed by atoms with Gasteiger partial charge in [-0.05, 0) is 56.0 Å². The van der Waals surface area contributed by atoms with Crippen LogP contribution in [0.1, 0.15) is 43.0 Å². The van der Waals surface area contributed by atoms with Gasteiger partial charge in [0.25, 0.3) is 5.69 Å². The monoisotopic (exact) mass is 375 g/mol. The summed E-state index contributed by atoms with van der Waals surface area (Å²) in [5.41, 5.74) is 3.82. The van der Waals surface area contributed by atoms with E-state index in [1.807, 2.05) is 33.8 Å². The first-order chi connectivity index (χ1) is 12.1. The highest BCUT2D eigenvalue weighted by atomic mass is 35.5. The summed E-state index contributed by atoms with van der Waals surface area (Å²) in [5.74, 6) is -1.22. The summed E-state index contributed by atoms with van der Waals surface area (Å²) in [6, 6.07) is 5.37. The van der Waals surface area contributed by atoms with E-state index in [-0.39, 0.29) is 22.1 Å². The molecule has 0 bridgehead atoms. The first-order valence-corrected chi connectivity index (χ1v) is 8.23. The SMILES string of the molecule is Cc1cc(C)c(C(=O)COC(=O)c2cc([N+](=O)[O-])ccc2Cl)c(C)c1C. The number of carbonyl (C=O) groups is 2. The lowest BCUT2D eigenvalue weighted by molar-refractivity contribution is -0.384. The third-order valence-corrected chi connectivity index (χ3v) is 4.68. The number of non-ortho nitro benzene ring substituents is 1. The molecular weight excluding hydrogens is 358 g/mol. The molecule has 2 aromatic rings. The van der Waals surface area contributed by atoms with Gasteiger partial charge in [0.15, 0.2) is 6.61 Å². The second kappa shape index (κ2) is 7.66. The number of halogens is 1. The number of aryl methyl sites for hydroxylation is 2. The Bertz CT molecular complexity index is 921. The Morgan fingerprint density at radius 2 is 1.73 bits per heavy atom. The number of carbonyl (C=O) groups excluding carboxylic acids is 2. The molecule has 0 fully saturated rings. The van der Waals surface area contributed by atoms with Gasteiger partial charge in [0.2, 0.25) is 5.78 Å². The third kappa shape index (κ3) is 3.91. The van der Waals surface area contributed by atoms with Crippen LogP contribution in [-0.2, 0) is 4.74 Å². The van der Waals surface area contributed by atoms with Crippen LogP contribution in [0.4, 0.5) is 5.69 Å². The number of ketones is 1. The zero-order valence-electron chi connectivity index (χ0n) is 14.9. The number of nitro groups is 1. The number of esters is 1. The molecule has 0 atom stereocenters. The van der Waals surface area contributed by atoms with Gasteiger partial charge in [-0.2, -0.15) is 0 Å². The smallest absolute Gasteiger partial charge is 0.340 e. The molecule has 0 aliphatic rings. The van der Waals surface area contributed by atoms with Crippen LogP contribution in [0.25, 0.3) is 0 Å². The van der Waals surface area contributed by atoms with Gasteiger partial charge < -0.3 is 4.74 Å². The number of nitrogens with zero attached hydrogens (tertiary/aromatic N) is 1. The molecular formula is C19H18ClNO5. The Balaban J connectivity index is 2.21. The Hall–Kier alpha value is -2.73. The number of hydrogen-bond donors (Lipinski definition) is 0. The summed E-state index contributed by atoms with van der Waals surface area (Å²) in [6.45, 7) is 7.10. The van der Waals surface area contributed by atoms with Crippen molar-refractivity contribution in [3.05, 3.63) is 72.8 Å². The van der Waals surface area contributed by atoms with Crippen LogP contribution in [0.5, 0.6) is 0 Å². The minimum absolute atomic E-state index is 0.0200. The van der Waals surface area contributed by atoms with E-state index in [0.29, 0.717) is 5.56 Å². The molecule has 0 spiro atoms. The zero-order valence-corrected chi connectivity index (χ0v) is 15.6. The molecule has 2 aromatic carbocycles. The number of ether oxygens (including phenoxy) is 1. The molecule has 136 valence electrons. The van der Waals surface area contributed by atoms with Gasteiger partial charge in [0.05, 0.1) is 15.5 Å². The van der Waals surface area contributed by atoms with E-state index in [0.717, 1.165) is 28.3 Å². The topological polar surface area (TPSA) is 86.5 Å². The summed E-state index contributed by atoms with van der Waals surface area (Å²) in [4.78, 5) is 34.9. The lowest BCUT2D eigenvalue weighted by Gasteiger charge is -2.14. The van der Waals surface area contributed by atoms with E-state index < -0.39 is 17.5 Å². The maximum Gasteiger partial charge on any atom is 0.340 e. The van der Waals surface area contributed by atoms with Crippen LogP contribution in [0.15, 0.2) is 24.3 Å². The molecule has 0 aliphatic heterocycles.